The number of nitrogens with zero attached hydrogens (tertiary/aromatic N) is 1. The summed E-state index contributed by atoms with van der Waals surface area (Å²) in [5, 5.41) is 20.9. The predicted molar refractivity (Wildman–Crippen MR) is 78.0 cm³/mol. The van der Waals surface area contributed by atoms with Crippen molar-refractivity contribution in [3.8, 4) is 0 Å². The highest BCUT2D eigenvalue weighted by Crippen LogP contribution is 2.26. The highest BCUT2D eigenvalue weighted by atomic mass is 16.6. The van der Waals surface area contributed by atoms with Gasteiger partial charge in [-0.25, -0.2) is 0 Å². The Bertz CT molecular complexity index is 637. The van der Waals surface area contributed by atoms with E-state index in [4.69, 9.17) is 0 Å². The molecular formula is C16H15NO4. The number of nitro groups is 1. The van der Waals surface area contributed by atoms with Gasteiger partial charge in [-0.2, -0.15) is 0 Å². The number of hydrogen-bond acceptors (Lipinski definition) is 4. The van der Waals surface area contributed by atoms with Crippen molar-refractivity contribution in [3.05, 3.63) is 75.8 Å². The van der Waals surface area contributed by atoms with Crippen molar-refractivity contribution in [2.75, 3.05) is 0 Å². The van der Waals surface area contributed by atoms with Gasteiger partial charge in [0.05, 0.1) is 11.0 Å². The van der Waals surface area contributed by atoms with Crippen molar-refractivity contribution in [2.24, 2.45) is 5.92 Å². The van der Waals surface area contributed by atoms with E-state index in [2.05, 4.69) is 0 Å². The summed E-state index contributed by atoms with van der Waals surface area (Å²) in [6, 6.07) is 14.3. The van der Waals surface area contributed by atoms with Crippen LogP contribution in [0.1, 0.15) is 28.9 Å². The number of hydrogen-bond donors (Lipinski definition) is 1. The Hall–Kier alpha value is -2.53. The molecule has 0 bridgehead atoms. The second-order valence-corrected chi connectivity index (χ2v) is 4.81. The molecule has 2 aromatic carbocycles. The molecule has 1 N–H and O–H groups in total. The molecule has 0 aromatic heterocycles. The van der Waals surface area contributed by atoms with E-state index < -0.39 is 16.9 Å². The van der Waals surface area contributed by atoms with E-state index in [0.717, 1.165) is 0 Å². The number of Topliss-reactive ketones (excluding diaryl/α,β-unsaturated/α-hetero) is 1. The van der Waals surface area contributed by atoms with Gasteiger partial charge in [0.25, 0.3) is 5.69 Å². The zero-order valence-corrected chi connectivity index (χ0v) is 11.5. The van der Waals surface area contributed by atoms with Gasteiger partial charge in [0.1, 0.15) is 0 Å². The van der Waals surface area contributed by atoms with Crippen molar-refractivity contribution in [1.82, 2.24) is 0 Å². The van der Waals surface area contributed by atoms with Crippen LogP contribution in [0, 0.1) is 16.0 Å². The van der Waals surface area contributed by atoms with Crippen LogP contribution in [0.4, 0.5) is 5.69 Å². The molecule has 0 radical (unpaired) electrons. The largest absolute Gasteiger partial charge is 0.388 e. The summed E-state index contributed by atoms with van der Waals surface area (Å²) < 4.78 is 0. The summed E-state index contributed by atoms with van der Waals surface area (Å²) in [7, 11) is 0. The van der Waals surface area contributed by atoms with Crippen LogP contribution in [0.2, 0.25) is 0 Å². The third-order valence-corrected chi connectivity index (χ3v) is 3.39. The molecule has 108 valence electrons. The lowest BCUT2D eigenvalue weighted by Gasteiger charge is -2.18. The third kappa shape index (κ3) is 3.32. The van der Waals surface area contributed by atoms with E-state index >= 15 is 0 Å². The molecule has 0 unspecified atom stereocenters. The van der Waals surface area contributed by atoms with Crippen LogP contribution in [0.3, 0.4) is 0 Å². The highest BCUT2D eigenvalue weighted by Gasteiger charge is 2.24. The van der Waals surface area contributed by atoms with E-state index in [9.17, 15) is 20.0 Å². The molecule has 5 nitrogen and oxygen atoms in total. The lowest BCUT2D eigenvalue weighted by molar-refractivity contribution is -0.384. The molecule has 0 aliphatic rings. The van der Waals surface area contributed by atoms with Gasteiger partial charge >= 0.3 is 0 Å². The summed E-state index contributed by atoms with van der Waals surface area (Å²) in [5.74, 6) is -0.796. The molecule has 21 heavy (non-hydrogen) atoms. The average Bonchev–Trinajstić information content (AvgIpc) is 2.53. The Labute approximate surface area is 122 Å². The molecule has 2 atom stereocenters. The first-order valence-corrected chi connectivity index (χ1v) is 6.52. The lowest BCUT2D eigenvalue weighted by Crippen LogP contribution is -2.19. The molecule has 0 saturated carbocycles. The predicted octanol–water partition coefficient (Wildman–Crippen LogP) is 3.15. The molecule has 2 rings (SSSR count). The number of carbonyl (C=O) groups excluding carboxylic acids is 1. The van der Waals surface area contributed by atoms with Gasteiger partial charge in [0.2, 0.25) is 0 Å². The second kappa shape index (κ2) is 6.28. The maximum Gasteiger partial charge on any atom is 0.269 e. The maximum atomic E-state index is 12.3. The number of nitro benzene ring substituents is 1. The fourth-order valence-corrected chi connectivity index (χ4v) is 2.09. The zero-order valence-electron chi connectivity index (χ0n) is 11.5. The Morgan fingerprint density at radius 3 is 2.19 bits per heavy atom. The monoisotopic (exact) mass is 285 g/mol. The molecule has 0 spiro atoms. The molecule has 0 aliphatic heterocycles. The number of rotatable bonds is 5. The Morgan fingerprint density at radius 2 is 1.67 bits per heavy atom. The molecule has 5 heteroatoms. The fraction of sp³-hybridized carbons (Fsp3) is 0.188. The van der Waals surface area contributed by atoms with Crippen molar-refractivity contribution < 1.29 is 14.8 Å². The number of aliphatic hydroxyl groups excluding tert-OH is 1. The SMILES string of the molecule is C[C@H](C(=O)c1ccccc1)[C@@H](O)c1ccc([N+](=O)[O-])cc1. The number of benzene rings is 2. The highest BCUT2D eigenvalue weighted by molar-refractivity contribution is 5.98. The first-order valence-electron chi connectivity index (χ1n) is 6.52. The molecule has 0 amide bonds. The van der Waals surface area contributed by atoms with Crippen molar-refractivity contribution in [3.63, 3.8) is 0 Å². The van der Waals surface area contributed by atoms with Crippen LogP contribution in [0.15, 0.2) is 54.6 Å². The van der Waals surface area contributed by atoms with E-state index in [-0.39, 0.29) is 11.5 Å². The zero-order chi connectivity index (χ0) is 15.4. The van der Waals surface area contributed by atoms with Crippen molar-refractivity contribution in [1.29, 1.82) is 0 Å². The quantitative estimate of drug-likeness (QED) is 0.520. The van der Waals surface area contributed by atoms with Gasteiger partial charge in [-0.15, -0.1) is 0 Å². The van der Waals surface area contributed by atoms with Crippen LogP contribution in [0.25, 0.3) is 0 Å². The van der Waals surface area contributed by atoms with E-state index in [1.54, 1.807) is 31.2 Å². The summed E-state index contributed by atoms with van der Waals surface area (Å²) in [6.45, 7) is 1.64. The normalized spacial score (nSPS) is 13.4. The number of ketones is 1. The van der Waals surface area contributed by atoms with Gasteiger partial charge in [-0.1, -0.05) is 37.3 Å². The Kier molecular flexibility index (Phi) is 4.45. The Morgan fingerprint density at radius 1 is 1.10 bits per heavy atom. The molecule has 0 saturated heterocycles. The van der Waals surface area contributed by atoms with Gasteiger partial charge in [-0.3, -0.25) is 14.9 Å². The van der Waals surface area contributed by atoms with Crippen LogP contribution < -0.4 is 0 Å². The molecule has 0 heterocycles. The molecule has 0 aliphatic carbocycles. The third-order valence-electron chi connectivity index (χ3n) is 3.39. The average molecular weight is 285 g/mol. The topological polar surface area (TPSA) is 80.4 Å². The summed E-state index contributed by atoms with van der Waals surface area (Å²) in [4.78, 5) is 22.4. The number of aliphatic hydroxyl groups is 1. The standard InChI is InChI=1S/C16H15NO4/c1-11(15(18)12-5-3-2-4-6-12)16(19)13-7-9-14(10-8-13)17(20)21/h2-11,16,19H,1H3/t11-,16-/m1/s1. The van der Waals surface area contributed by atoms with Gasteiger partial charge in [-0.05, 0) is 17.7 Å². The van der Waals surface area contributed by atoms with E-state index in [0.29, 0.717) is 11.1 Å². The number of non-ortho nitro benzene ring substituents is 1. The lowest BCUT2D eigenvalue weighted by atomic mass is 9.90. The minimum atomic E-state index is -1.00. The minimum absolute atomic E-state index is 0.0482. The first-order chi connectivity index (χ1) is 10.0. The van der Waals surface area contributed by atoms with Crippen LogP contribution in [0.5, 0.6) is 0 Å². The van der Waals surface area contributed by atoms with Gasteiger partial charge in [0, 0.05) is 23.6 Å². The number of carbonyl (C=O) groups is 1. The second-order valence-electron chi connectivity index (χ2n) is 4.81. The van der Waals surface area contributed by atoms with E-state index in [1.165, 1.54) is 24.3 Å². The summed E-state index contributed by atoms with van der Waals surface area (Å²) in [5.41, 5.74) is 0.969. The van der Waals surface area contributed by atoms with E-state index in [1.807, 2.05) is 6.07 Å². The van der Waals surface area contributed by atoms with Gasteiger partial charge < -0.3 is 5.11 Å². The smallest absolute Gasteiger partial charge is 0.269 e. The van der Waals surface area contributed by atoms with Crippen LogP contribution in [-0.2, 0) is 0 Å². The van der Waals surface area contributed by atoms with Crippen molar-refractivity contribution >= 4 is 11.5 Å². The maximum absolute atomic E-state index is 12.3. The van der Waals surface area contributed by atoms with Crippen LogP contribution in [-0.4, -0.2) is 15.8 Å². The Balaban J connectivity index is 2.17. The van der Waals surface area contributed by atoms with Gasteiger partial charge in [0.15, 0.2) is 5.78 Å². The summed E-state index contributed by atoms with van der Waals surface area (Å²) >= 11 is 0. The fourth-order valence-electron chi connectivity index (χ4n) is 2.09. The summed E-state index contributed by atoms with van der Waals surface area (Å²) in [6.07, 6.45) is -1.00. The molecular weight excluding hydrogens is 270 g/mol. The molecule has 2 aromatic rings. The van der Waals surface area contributed by atoms with Crippen LogP contribution >= 0.6 is 0 Å². The molecule has 0 fully saturated rings. The minimum Gasteiger partial charge on any atom is -0.388 e. The van der Waals surface area contributed by atoms with Crippen molar-refractivity contribution in [2.45, 2.75) is 13.0 Å². The first kappa shape index (κ1) is 14.9.